The van der Waals surface area contributed by atoms with Crippen LogP contribution in [0.2, 0.25) is 0 Å². The van der Waals surface area contributed by atoms with E-state index in [9.17, 15) is 14.7 Å². The van der Waals surface area contributed by atoms with Gasteiger partial charge in [0, 0.05) is 5.92 Å². The fourth-order valence-corrected chi connectivity index (χ4v) is 2.02. The lowest BCUT2D eigenvalue weighted by molar-refractivity contribution is -0.140. The second-order valence-corrected chi connectivity index (χ2v) is 5.42. The van der Waals surface area contributed by atoms with Crippen molar-refractivity contribution in [2.45, 2.75) is 52.0 Å². The third kappa shape index (κ3) is 3.00. The molecule has 0 bridgehead atoms. The normalized spacial score (nSPS) is 17.6. The summed E-state index contributed by atoms with van der Waals surface area (Å²) in [7, 11) is 0. The van der Waals surface area contributed by atoms with Crippen LogP contribution in [0.4, 0.5) is 0 Å². The van der Waals surface area contributed by atoms with Crippen molar-refractivity contribution in [3.63, 3.8) is 0 Å². The van der Waals surface area contributed by atoms with Crippen molar-refractivity contribution in [2.24, 2.45) is 5.92 Å². The number of nitrogens with zero attached hydrogens (tertiary/aromatic N) is 1. The molecule has 0 unspecified atom stereocenters. The Balaban J connectivity index is 2.11. The zero-order chi connectivity index (χ0) is 14.9. The molecule has 110 valence electrons. The molecule has 1 amide bonds. The van der Waals surface area contributed by atoms with Crippen LogP contribution in [-0.2, 0) is 4.79 Å². The van der Waals surface area contributed by atoms with E-state index in [1.54, 1.807) is 13.8 Å². The van der Waals surface area contributed by atoms with Crippen molar-refractivity contribution >= 4 is 11.9 Å². The monoisotopic (exact) mass is 280 g/mol. The quantitative estimate of drug-likeness (QED) is 0.832. The summed E-state index contributed by atoms with van der Waals surface area (Å²) in [6.45, 7) is 5.38. The first-order chi connectivity index (χ1) is 9.43. The molecule has 1 aromatic rings. The van der Waals surface area contributed by atoms with Crippen LogP contribution in [0.5, 0.6) is 0 Å². The lowest BCUT2D eigenvalue weighted by Crippen LogP contribution is -2.45. The fourth-order valence-electron chi connectivity index (χ4n) is 2.02. The van der Waals surface area contributed by atoms with Crippen molar-refractivity contribution in [2.75, 3.05) is 0 Å². The maximum absolute atomic E-state index is 12.1. The molecule has 0 radical (unpaired) electrons. The molecule has 0 spiro atoms. The van der Waals surface area contributed by atoms with Crippen LogP contribution in [0.3, 0.4) is 0 Å². The SMILES string of the molecule is CC[C@H](C)[C@H](NC(=O)c1oc(C2CC2)nc1C)C(=O)O. The second kappa shape index (κ2) is 5.64. The Hall–Kier alpha value is -1.85. The standard InChI is InChI=1S/C14H20N2O4/c1-4-7(2)10(14(18)19)16-12(17)11-8(3)15-13(20-11)9-5-6-9/h7,9-10H,4-6H2,1-3H3,(H,16,17)(H,18,19)/t7-,10-/m0/s1. The highest BCUT2D eigenvalue weighted by molar-refractivity contribution is 5.95. The first kappa shape index (κ1) is 14.6. The van der Waals surface area contributed by atoms with Crippen molar-refractivity contribution in [1.29, 1.82) is 0 Å². The molecule has 2 atom stereocenters. The number of aliphatic carboxylic acids is 1. The second-order valence-electron chi connectivity index (χ2n) is 5.42. The molecule has 1 aliphatic rings. The highest BCUT2D eigenvalue weighted by Crippen LogP contribution is 2.40. The Morgan fingerprint density at radius 3 is 2.65 bits per heavy atom. The summed E-state index contributed by atoms with van der Waals surface area (Å²) in [6, 6.07) is -0.915. The first-order valence-electron chi connectivity index (χ1n) is 6.95. The minimum Gasteiger partial charge on any atom is -0.480 e. The molecule has 0 saturated heterocycles. The average molecular weight is 280 g/mol. The third-order valence-corrected chi connectivity index (χ3v) is 3.71. The molecule has 1 aromatic heterocycles. The molecule has 1 heterocycles. The van der Waals surface area contributed by atoms with Gasteiger partial charge in [0.25, 0.3) is 5.91 Å². The van der Waals surface area contributed by atoms with Crippen molar-refractivity contribution in [3.05, 3.63) is 17.3 Å². The van der Waals surface area contributed by atoms with Crippen LogP contribution >= 0.6 is 0 Å². The molecule has 20 heavy (non-hydrogen) atoms. The summed E-state index contributed by atoms with van der Waals surface area (Å²) in [5.41, 5.74) is 0.512. The number of rotatable bonds is 6. The average Bonchev–Trinajstić information content (AvgIpc) is 3.17. The Morgan fingerprint density at radius 2 is 2.15 bits per heavy atom. The number of aryl methyl sites for hydroxylation is 1. The van der Waals surface area contributed by atoms with Crippen LogP contribution in [0, 0.1) is 12.8 Å². The number of carbonyl (C=O) groups excluding carboxylic acids is 1. The van der Waals surface area contributed by atoms with Crippen molar-refractivity contribution < 1.29 is 19.1 Å². The fraction of sp³-hybridized carbons (Fsp3) is 0.643. The summed E-state index contributed by atoms with van der Waals surface area (Å²) in [5.74, 6) is -0.658. The van der Waals surface area contributed by atoms with Gasteiger partial charge in [-0.25, -0.2) is 9.78 Å². The summed E-state index contributed by atoms with van der Waals surface area (Å²) >= 11 is 0. The zero-order valence-corrected chi connectivity index (χ0v) is 12.0. The van der Waals surface area contributed by atoms with Gasteiger partial charge in [-0.05, 0) is 25.7 Å². The number of oxazole rings is 1. The first-order valence-corrected chi connectivity index (χ1v) is 6.95. The number of amides is 1. The summed E-state index contributed by atoms with van der Waals surface area (Å²) in [4.78, 5) is 27.6. The van der Waals surface area contributed by atoms with E-state index in [2.05, 4.69) is 10.3 Å². The van der Waals surface area contributed by atoms with Gasteiger partial charge in [-0.1, -0.05) is 20.3 Å². The minimum atomic E-state index is -1.03. The van der Waals surface area contributed by atoms with Crippen molar-refractivity contribution in [1.82, 2.24) is 10.3 Å². The predicted octanol–water partition coefficient (Wildman–Crippen LogP) is 2.09. The smallest absolute Gasteiger partial charge is 0.326 e. The van der Waals surface area contributed by atoms with Gasteiger partial charge in [0.05, 0.1) is 5.69 Å². The van der Waals surface area contributed by atoms with Crippen LogP contribution in [0.1, 0.15) is 61.2 Å². The molecule has 6 nitrogen and oxygen atoms in total. The largest absolute Gasteiger partial charge is 0.480 e. The van der Waals surface area contributed by atoms with Gasteiger partial charge < -0.3 is 14.8 Å². The maximum atomic E-state index is 12.1. The summed E-state index contributed by atoms with van der Waals surface area (Å²) < 4.78 is 5.48. The molecule has 1 saturated carbocycles. The molecule has 0 aliphatic heterocycles. The van der Waals surface area contributed by atoms with E-state index in [1.807, 2.05) is 6.92 Å². The molecule has 6 heteroatoms. The number of carbonyl (C=O) groups is 2. The summed E-state index contributed by atoms with van der Waals surface area (Å²) in [6.07, 6.45) is 2.73. The molecule has 1 fully saturated rings. The number of aromatic nitrogens is 1. The van der Waals surface area contributed by atoms with E-state index in [0.717, 1.165) is 12.8 Å². The number of carboxylic acid groups (broad SMARTS) is 1. The van der Waals surface area contributed by atoms with Gasteiger partial charge in [0.2, 0.25) is 5.76 Å². The Morgan fingerprint density at radius 1 is 1.50 bits per heavy atom. The van der Waals surface area contributed by atoms with Gasteiger partial charge >= 0.3 is 5.97 Å². The van der Waals surface area contributed by atoms with E-state index in [1.165, 1.54) is 0 Å². The summed E-state index contributed by atoms with van der Waals surface area (Å²) in [5, 5.41) is 11.7. The molecule has 2 N–H and O–H groups in total. The Bertz CT molecular complexity index is 519. The number of hydrogen-bond acceptors (Lipinski definition) is 4. The van der Waals surface area contributed by atoms with Gasteiger partial charge in [-0.3, -0.25) is 4.79 Å². The van der Waals surface area contributed by atoms with Gasteiger partial charge in [-0.2, -0.15) is 0 Å². The molecular formula is C14H20N2O4. The van der Waals surface area contributed by atoms with E-state index in [0.29, 0.717) is 23.9 Å². The van der Waals surface area contributed by atoms with Crippen LogP contribution in [0.25, 0.3) is 0 Å². The molecule has 1 aliphatic carbocycles. The highest BCUT2D eigenvalue weighted by atomic mass is 16.4. The maximum Gasteiger partial charge on any atom is 0.326 e. The lowest BCUT2D eigenvalue weighted by Gasteiger charge is -2.19. The van der Waals surface area contributed by atoms with Gasteiger partial charge in [0.15, 0.2) is 5.89 Å². The number of nitrogens with one attached hydrogen (secondary N) is 1. The number of carboxylic acids is 1. The lowest BCUT2D eigenvalue weighted by atomic mass is 9.99. The third-order valence-electron chi connectivity index (χ3n) is 3.71. The highest BCUT2D eigenvalue weighted by Gasteiger charge is 2.32. The Labute approximate surface area is 117 Å². The predicted molar refractivity (Wildman–Crippen MR) is 71.6 cm³/mol. The Kier molecular flexibility index (Phi) is 4.11. The molecular weight excluding hydrogens is 260 g/mol. The van der Waals surface area contributed by atoms with Gasteiger partial charge in [-0.15, -0.1) is 0 Å². The van der Waals surface area contributed by atoms with Crippen LogP contribution < -0.4 is 5.32 Å². The molecule has 0 aromatic carbocycles. The van der Waals surface area contributed by atoms with Crippen molar-refractivity contribution in [3.8, 4) is 0 Å². The topological polar surface area (TPSA) is 92.4 Å². The van der Waals surface area contributed by atoms with E-state index >= 15 is 0 Å². The molecule has 2 rings (SSSR count). The van der Waals surface area contributed by atoms with E-state index < -0.39 is 17.9 Å². The van der Waals surface area contributed by atoms with Gasteiger partial charge in [0.1, 0.15) is 6.04 Å². The van der Waals surface area contributed by atoms with E-state index in [-0.39, 0.29) is 11.7 Å². The zero-order valence-electron chi connectivity index (χ0n) is 12.0. The van der Waals surface area contributed by atoms with Crippen LogP contribution in [0.15, 0.2) is 4.42 Å². The number of hydrogen-bond donors (Lipinski definition) is 2. The minimum absolute atomic E-state index is 0.126. The van der Waals surface area contributed by atoms with E-state index in [4.69, 9.17) is 4.42 Å². The van der Waals surface area contributed by atoms with Crippen LogP contribution in [-0.4, -0.2) is 28.0 Å².